The Bertz CT molecular complexity index is 506. The van der Waals surface area contributed by atoms with Gasteiger partial charge in [0.1, 0.15) is 5.76 Å². The number of hydrogen-bond acceptors (Lipinski definition) is 3. The molecule has 2 aliphatic heterocycles. The van der Waals surface area contributed by atoms with Crippen molar-refractivity contribution in [2.75, 3.05) is 0 Å². The molecule has 3 heterocycles. The van der Waals surface area contributed by atoms with Gasteiger partial charge < -0.3 is 13.9 Å². The second kappa shape index (κ2) is 3.20. The van der Waals surface area contributed by atoms with E-state index in [1.54, 1.807) is 0 Å². The van der Waals surface area contributed by atoms with Crippen LogP contribution in [-0.4, -0.2) is 23.4 Å². The number of epoxide rings is 2. The van der Waals surface area contributed by atoms with Crippen LogP contribution in [0, 0.1) is 6.92 Å². The highest BCUT2D eigenvalue weighted by Crippen LogP contribution is 2.50. The molecule has 0 saturated carbocycles. The Morgan fingerprint density at radius 2 is 1.94 bits per heavy atom. The summed E-state index contributed by atoms with van der Waals surface area (Å²) < 4.78 is 17.6. The number of rotatable bonds is 0. The van der Waals surface area contributed by atoms with E-state index in [0.29, 0.717) is 12.2 Å². The SMILES string of the molecule is Cc1coc2c1C[C@@H]1O[C@@]1(C)CC[C@@H]1O[C@@]1(C)C2. The van der Waals surface area contributed by atoms with Gasteiger partial charge in [0.15, 0.2) is 0 Å². The monoisotopic (exact) mass is 248 g/mol. The van der Waals surface area contributed by atoms with Gasteiger partial charge in [0, 0.05) is 12.8 Å². The van der Waals surface area contributed by atoms with Gasteiger partial charge in [-0.3, -0.25) is 0 Å². The molecule has 2 saturated heterocycles. The Hall–Kier alpha value is -0.800. The molecule has 1 aromatic rings. The molecule has 0 aromatic carbocycles. The molecule has 0 N–H and O–H groups in total. The van der Waals surface area contributed by atoms with Crippen LogP contribution in [-0.2, 0) is 22.3 Å². The van der Waals surface area contributed by atoms with Crippen LogP contribution in [0.5, 0.6) is 0 Å². The van der Waals surface area contributed by atoms with Crippen LogP contribution < -0.4 is 0 Å². The molecule has 18 heavy (non-hydrogen) atoms. The van der Waals surface area contributed by atoms with Crippen LogP contribution in [0.2, 0.25) is 0 Å². The molecule has 3 aliphatic rings. The van der Waals surface area contributed by atoms with Crippen molar-refractivity contribution in [1.82, 2.24) is 0 Å². The summed E-state index contributed by atoms with van der Waals surface area (Å²) in [6.07, 6.45) is 6.76. The van der Waals surface area contributed by atoms with Crippen LogP contribution >= 0.6 is 0 Å². The first-order chi connectivity index (χ1) is 8.50. The predicted molar refractivity (Wildman–Crippen MR) is 66.6 cm³/mol. The summed E-state index contributed by atoms with van der Waals surface area (Å²) in [4.78, 5) is 0. The number of ether oxygens (including phenoxy) is 2. The van der Waals surface area contributed by atoms with Gasteiger partial charge >= 0.3 is 0 Å². The van der Waals surface area contributed by atoms with Gasteiger partial charge in [-0.05, 0) is 44.7 Å². The van der Waals surface area contributed by atoms with Gasteiger partial charge in [0.25, 0.3) is 0 Å². The van der Waals surface area contributed by atoms with Gasteiger partial charge in [-0.25, -0.2) is 0 Å². The van der Waals surface area contributed by atoms with Crippen molar-refractivity contribution in [2.45, 2.75) is 69.9 Å². The molecule has 0 spiro atoms. The largest absolute Gasteiger partial charge is 0.469 e. The molecule has 0 radical (unpaired) electrons. The molecule has 0 unspecified atom stereocenters. The highest BCUT2D eigenvalue weighted by Gasteiger charge is 2.58. The second-order valence-corrected chi connectivity index (χ2v) is 6.58. The van der Waals surface area contributed by atoms with Crippen molar-refractivity contribution in [2.24, 2.45) is 0 Å². The van der Waals surface area contributed by atoms with Crippen LogP contribution in [0.1, 0.15) is 43.6 Å². The summed E-state index contributed by atoms with van der Waals surface area (Å²) in [6, 6.07) is 0. The summed E-state index contributed by atoms with van der Waals surface area (Å²) in [5, 5.41) is 0. The summed E-state index contributed by atoms with van der Waals surface area (Å²) >= 11 is 0. The van der Waals surface area contributed by atoms with Crippen LogP contribution in [0.4, 0.5) is 0 Å². The van der Waals surface area contributed by atoms with Crippen molar-refractivity contribution < 1.29 is 13.9 Å². The van der Waals surface area contributed by atoms with Gasteiger partial charge in [0.2, 0.25) is 0 Å². The Morgan fingerprint density at radius 3 is 2.78 bits per heavy atom. The molecule has 4 rings (SSSR count). The first-order valence-corrected chi connectivity index (χ1v) is 6.92. The Kier molecular flexibility index (Phi) is 1.97. The van der Waals surface area contributed by atoms with Crippen molar-refractivity contribution in [1.29, 1.82) is 0 Å². The minimum absolute atomic E-state index is 0.00285. The molecule has 3 nitrogen and oxygen atoms in total. The average molecular weight is 248 g/mol. The molecule has 4 atom stereocenters. The van der Waals surface area contributed by atoms with Crippen molar-refractivity contribution in [3.05, 3.63) is 23.2 Å². The first-order valence-electron chi connectivity index (χ1n) is 6.92. The summed E-state index contributed by atoms with van der Waals surface area (Å²) in [7, 11) is 0. The van der Waals surface area contributed by atoms with E-state index in [2.05, 4.69) is 20.8 Å². The van der Waals surface area contributed by atoms with E-state index in [4.69, 9.17) is 13.9 Å². The van der Waals surface area contributed by atoms with Crippen LogP contribution in [0.25, 0.3) is 0 Å². The molecular weight excluding hydrogens is 228 g/mol. The molecule has 1 aliphatic carbocycles. The van der Waals surface area contributed by atoms with E-state index in [1.807, 2.05) is 6.26 Å². The second-order valence-electron chi connectivity index (χ2n) is 6.58. The van der Waals surface area contributed by atoms with Gasteiger partial charge in [0.05, 0.1) is 29.7 Å². The fourth-order valence-electron chi connectivity index (χ4n) is 3.45. The molecular formula is C15H20O3. The normalized spacial score (nSPS) is 45.7. The summed E-state index contributed by atoms with van der Waals surface area (Å²) in [5.74, 6) is 1.11. The molecule has 2 fully saturated rings. The molecule has 3 heteroatoms. The van der Waals surface area contributed by atoms with E-state index in [9.17, 15) is 0 Å². The van der Waals surface area contributed by atoms with Gasteiger partial charge in [-0.15, -0.1) is 0 Å². The fraction of sp³-hybridized carbons (Fsp3) is 0.733. The van der Waals surface area contributed by atoms with Gasteiger partial charge in [-0.2, -0.15) is 0 Å². The zero-order valence-electron chi connectivity index (χ0n) is 11.3. The molecule has 0 amide bonds. The lowest BCUT2D eigenvalue weighted by atomic mass is 9.88. The maximum atomic E-state index is 5.92. The van der Waals surface area contributed by atoms with Crippen molar-refractivity contribution >= 4 is 0 Å². The maximum Gasteiger partial charge on any atom is 0.110 e. The lowest BCUT2D eigenvalue weighted by molar-refractivity contribution is 0.268. The highest BCUT2D eigenvalue weighted by molar-refractivity contribution is 5.32. The standard InChI is InChI=1S/C15H20O3/c1-9-8-16-11-7-15(3)12(17-15)4-5-14(2)13(18-14)6-10(9)11/h8,12-13H,4-7H2,1-3H3/t12-,13-,14-,15-/m0/s1. The number of aryl methyl sites for hydroxylation is 1. The van der Waals surface area contributed by atoms with Crippen molar-refractivity contribution in [3.63, 3.8) is 0 Å². The zero-order valence-corrected chi connectivity index (χ0v) is 11.3. The topological polar surface area (TPSA) is 38.2 Å². The third-order valence-corrected chi connectivity index (χ3v) is 5.07. The number of hydrogen-bond donors (Lipinski definition) is 0. The van der Waals surface area contributed by atoms with E-state index >= 15 is 0 Å². The lowest BCUT2D eigenvalue weighted by Crippen LogP contribution is -2.20. The Morgan fingerprint density at radius 1 is 1.17 bits per heavy atom. The van der Waals surface area contributed by atoms with E-state index in [-0.39, 0.29) is 11.2 Å². The van der Waals surface area contributed by atoms with Crippen LogP contribution in [0.3, 0.4) is 0 Å². The minimum atomic E-state index is -0.00285. The zero-order chi connectivity index (χ0) is 12.5. The third-order valence-electron chi connectivity index (χ3n) is 5.07. The van der Waals surface area contributed by atoms with E-state index in [0.717, 1.165) is 31.4 Å². The summed E-state index contributed by atoms with van der Waals surface area (Å²) in [6.45, 7) is 6.56. The van der Waals surface area contributed by atoms with Crippen molar-refractivity contribution in [3.8, 4) is 0 Å². The third kappa shape index (κ3) is 1.50. The molecule has 0 bridgehead atoms. The number of fused-ring (bicyclic) bond motifs is 3. The average Bonchev–Trinajstić information content (AvgIpc) is 3.11. The maximum absolute atomic E-state index is 5.92. The fourth-order valence-corrected chi connectivity index (χ4v) is 3.45. The van der Waals surface area contributed by atoms with Gasteiger partial charge in [-0.1, -0.05) is 0 Å². The molecule has 1 aromatic heterocycles. The first kappa shape index (κ1) is 11.1. The Balaban J connectivity index is 1.71. The van der Waals surface area contributed by atoms with E-state index in [1.165, 1.54) is 11.1 Å². The minimum Gasteiger partial charge on any atom is -0.469 e. The lowest BCUT2D eigenvalue weighted by Gasteiger charge is -2.11. The number of furan rings is 1. The Labute approximate surface area is 107 Å². The highest BCUT2D eigenvalue weighted by atomic mass is 16.6. The van der Waals surface area contributed by atoms with Crippen LogP contribution in [0.15, 0.2) is 10.7 Å². The smallest absolute Gasteiger partial charge is 0.110 e. The predicted octanol–water partition coefficient (Wildman–Crippen LogP) is 2.78. The van der Waals surface area contributed by atoms with E-state index < -0.39 is 0 Å². The summed E-state index contributed by atoms with van der Waals surface area (Å²) in [5.41, 5.74) is 2.67. The quantitative estimate of drug-likeness (QED) is 0.663. The molecule has 98 valence electrons.